The van der Waals surface area contributed by atoms with Gasteiger partial charge in [-0.3, -0.25) is 4.68 Å². The minimum atomic E-state index is -0.224. The van der Waals surface area contributed by atoms with Gasteiger partial charge in [0.25, 0.3) is 0 Å². The van der Waals surface area contributed by atoms with Crippen molar-refractivity contribution in [3.63, 3.8) is 0 Å². The summed E-state index contributed by atoms with van der Waals surface area (Å²) in [7, 11) is 3.72. The molecule has 0 atom stereocenters. The lowest BCUT2D eigenvalue weighted by Gasteiger charge is -2.31. The average Bonchev–Trinajstić information content (AvgIpc) is 3.21. The Kier molecular flexibility index (Phi) is 5.53. The summed E-state index contributed by atoms with van der Waals surface area (Å²) in [5.74, 6) is -0.224. The van der Waals surface area contributed by atoms with Crippen molar-refractivity contribution in [2.45, 2.75) is 51.5 Å². The highest BCUT2D eigenvalue weighted by Crippen LogP contribution is 2.40. The molecule has 0 aliphatic heterocycles. The molecule has 1 heterocycles. The van der Waals surface area contributed by atoms with Gasteiger partial charge in [-0.25, -0.2) is 9.18 Å². The molecule has 27 heavy (non-hydrogen) atoms. The summed E-state index contributed by atoms with van der Waals surface area (Å²) in [5, 5.41) is 7.53. The molecule has 0 spiro atoms. The molecule has 1 aromatic heterocycles. The summed E-state index contributed by atoms with van der Waals surface area (Å²) in [5.41, 5.74) is 4.14. The highest BCUT2D eigenvalue weighted by atomic mass is 19.1. The number of hydrogen-bond acceptors (Lipinski definition) is 2. The molecule has 1 saturated carbocycles. The van der Waals surface area contributed by atoms with Crippen molar-refractivity contribution >= 4 is 6.03 Å². The summed E-state index contributed by atoms with van der Waals surface area (Å²) >= 11 is 0. The highest BCUT2D eigenvalue weighted by Gasteiger charge is 2.36. The average molecular weight is 372 g/mol. The molecule has 6 heteroatoms. The Labute approximate surface area is 160 Å². The maximum Gasteiger partial charge on any atom is 0.317 e. The molecule has 0 bridgehead atoms. The number of carbonyl (C=O) groups excluding carboxylic acids is 1. The smallest absolute Gasteiger partial charge is 0.317 e. The van der Waals surface area contributed by atoms with Crippen molar-refractivity contribution in [3.05, 3.63) is 52.6 Å². The number of amides is 2. The SMILES string of the molecule is Cc1nn(C)c(C)c1CN(C)C(=O)NCC1(c2ccc(F)cc2)CCCC1. The van der Waals surface area contributed by atoms with Crippen LogP contribution in [-0.4, -0.2) is 34.3 Å². The third-order valence-corrected chi connectivity index (χ3v) is 6.00. The van der Waals surface area contributed by atoms with Crippen molar-refractivity contribution in [1.82, 2.24) is 20.0 Å². The zero-order valence-electron chi connectivity index (χ0n) is 16.7. The number of nitrogens with one attached hydrogen (secondary N) is 1. The first-order chi connectivity index (χ1) is 12.8. The van der Waals surface area contributed by atoms with Gasteiger partial charge >= 0.3 is 6.03 Å². The molecule has 0 unspecified atom stereocenters. The molecule has 1 aromatic carbocycles. The Morgan fingerprint density at radius 3 is 2.44 bits per heavy atom. The van der Waals surface area contributed by atoms with E-state index in [4.69, 9.17) is 0 Å². The van der Waals surface area contributed by atoms with E-state index in [1.165, 1.54) is 12.1 Å². The third kappa shape index (κ3) is 3.99. The second kappa shape index (κ2) is 7.71. The topological polar surface area (TPSA) is 50.2 Å². The lowest BCUT2D eigenvalue weighted by molar-refractivity contribution is 0.203. The standard InChI is InChI=1S/C21H29FN4O/c1-15-19(16(2)26(4)24-15)13-25(3)20(27)23-14-21(11-5-6-12-21)17-7-9-18(22)10-8-17/h7-10H,5-6,11-14H2,1-4H3,(H,23,27). The lowest BCUT2D eigenvalue weighted by atomic mass is 9.79. The van der Waals surface area contributed by atoms with Crippen LogP contribution in [0.15, 0.2) is 24.3 Å². The summed E-state index contributed by atoms with van der Waals surface area (Å²) < 4.78 is 15.2. The fourth-order valence-electron chi connectivity index (χ4n) is 4.16. The number of aromatic nitrogens is 2. The summed E-state index contributed by atoms with van der Waals surface area (Å²) in [6.45, 7) is 5.09. The van der Waals surface area contributed by atoms with E-state index in [1.54, 1.807) is 11.9 Å². The van der Waals surface area contributed by atoms with Crippen molar-refractivity contribution in [1.29, 1.82) is 0 Å². The Hall–Kier alpha value is -2.37. The normalized spacial score (nSPS) is 15.7. The van der Waals surface area contributed by atoms with Crippen molar-refractivity contribution < 1.29 is 9.18 Å². The van der Waals surface area contributed by atoms with Crippen LogP contribution in [0.2, 0.25) is 0 Å². The molecule has 1 aliphatic rings. The first-order valence-corrected chi connectivity index (χ1v) is 9.56. The number of nitrogens with zero attached hydrogens (tertiary/aromatic N) is 3. The van der Waals surface area contributed by atoms with Gasteiger partial charge in [-0.05, 0) is 44.4 Å². The number of carbonyl (C=O) groups is 1. The monoisotopic (exact) mass is 372 g/mol. The van der Waals surface area contributed by atoms with Crippen LogP contribution in [0, 0.1) is 19.7 Å². The molecule has 1 N–H and O–H groups in total. The molecule has 2 amide bonds. The molecular formula is C21H29FN4O. The predicted molar refractivity (Wildman–Crippen MR) is 104 cm³/mol. The number of halogens is 1. The van der Waals surface area contributed by atoms with Gasteiger partial charge in [0.15, 0.2) is 0 Å². The van der Waals surface area contributed by atoms with Crippen LogP contribution in [0.1, 0.15) is 48.2 Å². The van der Waals surface area contributed by atoms with E-state index in [0.717, 1.165) is 48.2 Å². The quantitative estimate of drug-likeness (QED) is 0.867. The summed E-state index contributed by atoms with van der Waals surface area (Å²) in [4.78, 5) is 14.4. The molecule has 5 nitrogen and oxygen atoms in total. The van der Waals surface area contributed by atoms with Crippen LogP contribution in [-0.2, 0) is 19.0 Å². The fraction of sp³-hybridized carbons (Fsp3) is 0.524. The molecule has 0 radical (unpaired) electrons. The van der Waals surface area contributed by atoms with Gasteiger partial charge in [0.05, 0.1) is 12.2 Å². The lowest BCUT2D eigenvalue weighted by Crippen LogP contribution is -2.44. The van der Waals surface area contributed by atoms with Crippen LogP contribution in [0.5, 0.6) is 0 Å². The zero-order valence-corrected chi connectivity index (χ0v) is 16.7. The molecule has 0 saturated heterocycles. The van der Waals surface area contributed by atoms with Crippen LogP contribution in [0.3, 0.4) is 0 Å². The minimum Gasteiger partial charge on any atom is -0.337 e. The summed E-state index contributed by atoms with van der Waals surface area (Å²) in [6, 6.07) is 6.65. The number of benzene rings is 1. The van der Waals surface area contributed by atoms with E-state index >= 15 is 0 Å². The van der Waals surface area contributed by atoms with Gasteiger partial charge in [0.1, 0.15) is 5.82 Å². The van der Waals surface area contributed by atoms with Crippen molar-refractivity contribution in [2.75, 3.05) is 13.6 Å². The predicted octanol–water partition coefficient (Wildman–Crippen LogP) is 3.83. The van der Waals surface area contributed by atoms with Crippen LogP contribution < -0.4 is 5.32 Å². The Morgan fingerprint density at radius 2 is 1.89 bits per heavy atom. The zero-order chi connectivity index (χ0) is 19.6. The maximum atomic E-state index is 13.3. The molecule has 2 aromatic rings. The Bertz CT molecular complexity index is 806. The van der Waals surface area contributed by atoms with E-state index in [1.807, 2.05) is 37.7 Å². The third-order valence-electron chi connectivity index (χ3n) is 6.00. The van der Waals surface area contributed by atoms with Crippen molar-refractivity contribution in [2.24, 2.45) is 7.05 Å². The maximum absolute atomic E-state index is 13.3. The number of aryl methyl sites for hydroxylation is 2. The number of hydrogen-bond donors (Lipinski definition) is 1. The first-order valence-electron chi connectivity index (χ1n) is 9.56. The molecular weight excluding hydrogens is 343 g/mol. The minimum absolute atomic E-state index is 0.0916. The van der Waals surface area contributed by atoms with Crippen molar-refractivity contribution in [3.8, 4) is 0 Å². The van der Waals surface area contributed by atoms with E-state index in [-0.39, 0.29) is 17.3 Å². The van der Waals surface area contributed by atoms with Crippen LogP contribution in [0.25, 0.3) is 0 Å². The number of urea groups is 1. The highest BCUT2D eigenvalue weighted by molar-refractivity contribution is 5.74. The molecule has 1 fully saturated rings. The van der Waals surface area contributed by atoms with Crippen LogP contribution >= 0.6 is 0 Å². The number of rotatable bonds is 5. The van der Waals surface area contributed by atoms with Crippen LogP contribution in [0.4, 0.5) is 9.18 Å². The van der Waals surface area contributed by atoms with E-state index in [9.17, 15) is 9.18 Å². The largest absolute Gasteiger partial charge is 0.337 e. The second-order valence-corrected chi connectivity index (χ2v) is 7.78. The second-order valence-electron chi connectivity index (χ2n) is 7.78. The van der Waals surface area contributed by atoms with Gasteiger partial charge in [0, 0.05) is 37.3 Å². The Balaban J connectivity index is 1.66. The summed E-state index contributed by atoms with van der Waals surface area (Å²) in [6.07, 6.45) is 4.31. The Morgan fingerprint density at radius 1 is 1.26 bits per heavy atom. The van der Waals surface area contributed by atoms with E-state index < -0.39 is 0 Å². The van der Waals surface area contributed by atoms with E-state index in [2.05, 4.69) is 10.4 Å². The fourth-order valence-corrected chi connectivity index (χ4v) is 4.16. The van der Waals surface area contributed by atoms with Gasteiger partial charge in [-0.1, -0.05) is 25.0 Å². The molecule has 146 valence electrons. The molecule has 3 rings (SSSR count). The first kappa shape index (κ1) is 19.4. The van der Waals surface area contributed by atoms with Gasteiger partial charge in [-0.2, -0.15) is 5.10 Å². The van der Waals surface area contributed by atoms with Gasteiger partial charge in [0.2, 0.25) is 0 Å². The van der Waals surface area contributed by atoms with E-state index in [0.29, 0.717) is 13.1 Å². The van der Waals surface area contributed by atoms with Gasteiger partial charge < -0.3 is 10.2 Å². The van der Waals surface area contributed by atoms with Gasteiger partial charge in [-0.15, -0.1) is 0 Å². The molecule has 1 aliphatic carbocycles.